The fourth-order valence-corrected chi connectivity index (χ4v) is 2.34. The molecule has 0 bridgehead atoms. The first-order chi connectivity index (χ1) is 6.84. The van der Waals surface area contributed by atoms with Crippen LogP contribution >= 0.6 is 0 Å². The Balaban J connectivity index is 1.57. The molecule has 0 radical (unpaired) electrons. The predicted molar refractivity (Wildman–Crippen MR) is 57.0 cm³/mol. The Hall–Kier alpha value is -0.530. The second-order valence-electron chi connectivity index (χ2n) is 4.88. The van der Waals surface area contributed by atoms with Crippen molar-refractivity contribution >= 4 is 5.91 Å². The van der Waals surface area contributed by atoms with Crippen molar-refractivity contribution in [1.82, 2.24) is 5.32 Å². The van der Waals surface area contributed by atoms with E-state index in [0.717, 1.165) is 18.8 Å². The van der Waals surface area contributed by atoms with Gasteiger partial charge in [0.15, 0.2) is 0 Å². The van der Waals surface area contributed by atoms with E-state index in [1.54, 1.807) is 0 Å². The van der Waals surface area contributed by atoms with Crippen molar-refractivity contribution < 1.29 is 4.79 Å². The smallest absolute Gasteiger partial charge is 0.220 e. The van der Waals surface area contributed by atoms with Crippen molar-refractivity contribution in [3.8, 4) is 0 Å². The number of hydrogen-bond acceptors (Lipinski definition) is 1. The summed E-state index contributed by atoms with van der Waals surface area (Å²) >= 11 is 0. The summed E-state index contributed by atoms with van der Waals surface area (Å²) < 4.78 is 0. The summed E-state index contributed by atoms with van der Waals surface area (Å²) in [7, 11) is 0. The second kappa shape index (κ2) is 4.81. The van der Waals surface area contributed by atoms with Crippen molar-refractivity contribution in [2.24, 2.45) is 5.92 Å². The largest absolute Gasteiger partial charge is 0.353 e. The van der Waals surface area contributed by atoms with Crippen LogP contribution in [0.5, 0.6) is 0 Å². The van der Waals surface area contributed by atoms with Gasteiger partial charge in [0.25, 0.3) is 0 Å². The molecule has 0 saturated heterocycles. The lowest BCUT2D eigenvalue weighted by Crippen LogP contribution is -2.25. The van der Waals surface area contributed by atoms with Crippen LogP contribution in [0.15, 0.2) is 0 Å². The van der Waals surface area contributed by atoms with E-state index in [-0.39, 0.29) is 5.91 Å². The monoisotopic (exact) mass is 195 g/mol. The molecule has 0 aromatic heterocycles. The molecule has 14 heavy (non-hydrogen) atoms. The van der Waals surface area contributed by atoms with Crippen molar-refractivity contribution in [1.29, 1.82) is 0 Å². The molecular formula is C12H21NO. The zero-order valence-electron chi connectivity index (χ0n) is 8.93. The predicted octanol–water partition coefficient (Wildman–Crippen LogP) is 2.63. The van der Waals surface area contributed by atoms with E-state index < -0.39 is 0 Å². The van der Waals surface area contributed by atoms with Crippen molar-refractivity contribution in [3.63, 3.8) is 0 Å². The molecule has 2 nitrogen and oxygen atoms in total. The second-order valence-corrected chi connectivity index (χ2v) is 4.88. The van der Waals surface area contributed by atoms with Crippen LogP contribution in [0.25, 0.3) is 0 Å². The Labute approximate surface area is 86.5 Å². The van der Waals surface area contributed by atoms with Crippen LogP contribution in [0.4, 0.5) is 0 Å². The van der Waals surface area contributed by atoms with E-state index in [4.69, 9.17) is 0 Å². The number of rotatable bonds is 4. The van der Waals surface area contributed by atoms with Crippen LogP contribution in [0, 0.1) is 5.92 Å². The van der Waals surface area contributed by atoms with Gasteiger partial charge in [0, 0.05) is 12.5 Å². The van der Waals surface area contributed by atoms with Gasteiger partial charge in [-0.1, -0.05) is 32.1 Å². The van der Waals surface area contributed by atoms with Crippen molar-refractivity contribution in [3.05, 3.63) is 0 Å². The van der Waals surface area contributed by atoms with Crippen LogP contribution < -0.4 is 5.32 Å². The summed E-state index contributed by atoms with van der Waals surface area (Å²) in [5, 5.41) is 3.05. The number of hydrogen-bond donors (Lipinski definition) is 1. The quantitative estimate of drug-likeness (QED) is 0.734. The minimum absolute atomic E-state index is 0.290. The summed E-state index contributed by atoms with van der Waals surface area (Å²) in [4.78, 5) is 11.4. The maximum Gasteiger partial charge on any atom is 0.220 e. The van der Waals surface area contributed by atoms with E-state index in [0.29, 0.717) is 6.04 Å². The standard InChI is InChI=1S/C12H21NO/c14-12(13-11-7-8-11)9-6-10-4-2-1-3-5-10/h10-11H,1-9H2,(H,13,14). The molecule has 2 rings (SSSR count). The Kier molecular flexibility index (Phi) is 3.44. The maximum absolute atomic E-state index is 11.4. The number of carbonyl (C=O) groups is 1. The Morgan fingerprint density at radius 1 is 1.07 bits per heavy atom. The summed E-state index contributed by atoms with van der Waals surface area (Å²) in [6.07, 6.45) is 11.2. The summed E-state index contributed by atoms with van der Waals surface area (Å²) in [6, 6.07) is 0.536. The van der Waals surface area contributed by atoms with Gasteiger partial charge in [0.1, 0.15) is 0 Å². The third-order valence-corrected chi connectivity index (χ3v) is 3.45. The van der Waals surface area contributed by atoms with Gasteiger partial charge >= 0.3 is 0 Å². The molecule has 0 heterocycles. The summed E-state index contributed by atoms with van der Waals surface area (Å²) in [5.74, 6) is 1.13. The van der Waals surface area contributed by atoms with Gasteiger partial charge < -0.3 is 5.32 Å². The minimum atomic E-state index is 0.290. The van der Waals surface area contributed by atoms with Gasteiger partial charge in [-0.15, -0.1) is 0 Å². The van der Waals surface area contributed by atoms with Crippen LogP contribution in [0.1, 0.15) is 57.8 Å². The fourth-order valence-electron chi connectivity index (χ4n) is 2.34. The lowest BCUT2D eigenvalue weighted by molar-refractivity contribution is -0.121. The molecular weight excluding hydrogens is 174 g/mol. The molecule has 1 amide bonds. The lowest BCUT2D eigenvalue weighted by atomic mass is 9.86. The first-order valence-electron chi connectivity index (χ1n) is 6.14. The molecule has 0 aromatic rings. The highest BCUT2D eigenvalue weighted by Crippen LogP contribution is 2.27. The molecule has 0 spiro atoms. The van der Waals surface area contributed by atoms with Gasteiger partial charge in [-0.2, -0.15) is 0 Å². The minimum Gasteiger partial charge on any atom is -0.353 e. The van der Waals surface area contributed by atoms with E-state index in [1.807, 2.05) is 0 Å². The van der Waals surface area contributed by atoms with Gasteiger partial charge in [0.05, 0.1) is 0 Å². The molecule has 0 aliphatic heterocycles. The van der Waals surface area contributed by atoms with Crippen LogP contribution in [0.2, 0.25) is 0 Å². The van der Waals surface area contributed by atoms with E-state index in [1.165, 1.54) is 44.9 Å². The maximum atomic E-state index is 11.4. The SMILES string of the molecule is O=C(CCC1CCCCC1)NC1CC1. The molecule has 2 aliphatic rings. The first-order valence-corrected chi connectivity index (χ1v) is 6.14. The molecule has 0 atom stereocenters. The Morgan fingerprint density at radius 2 is 1.79 bits per heavy atom. The summed E-state index contributed by atoms with van der Waals surface area (Å²) in [5.41, 5.74) is 0. The number of carbonyl (C=O) groups excluding carboxylic acids is 1. The zero-order chi connectivity index (χ0) is 9.80. The van der Waals surface area contributed by atoms with Crippen molar-refractivity contribution in [2.75, 3.05) is 0 Å². The number of amides is 1. The normalized spacial score (nSPS) is 23.4. The first kappa shape index (κ1) is 10.0. The third kappa shape index (κ3) is 3.32. The zero-order valence-corrected chi connectivity index (χ0v) is 8.93. The van der Waals surface area contributed by atoms with E-state index >= 15 is 0 Å². The Morgan fingerprint density at radius 3 is 2.43 bits per heavy atom. The van der Waals surface area contributed by atoms with Crippen molar-refractivity contribution in [2.45, 2.75) is 63.8 Å². The average Bonchev–Trinajstić information content (AvgIpc) is 3.00. The molecule has 2 heteroatoms. The Bertz CT molecular complexity index is 192. The molecule has 0 aromatic carbocycles. The van der Waals surface area contributed by atoms with E-state index in [9.17, 15) is 4.79 Å². The molecule has 2 fully saturated rings. The third-order valence-electron chi connectivity index (χ3n) is 3.45. The van der Waals surface area contributed by atoms with Crippen LogP contribution in [-0.2, 0) is 4.79 Å². The lowest BCUT2D eigenvalue weighted by Gasteiger charge is -2.20. The highest BCUT2D eigenvalue weighted by Gasteiger charge is 2.23. The topological polar surface area (TPSA) is 29.1 Å². The fraction of sp³-hybridized carbons (Fsp3) is 0.917. The highest BCUT2D eigenvalue weighted by atomic mass is 16.1. The highest BCUT2D eigenvalue weighted by molar-refractivity contribution is 5.76. The number of nitrogens with one attached hydrogen (secondary N) is 1. The van der Waals surface area contributed by atoms with Gasteiger partial charge in [-0.05, 0) is 25.2 Å². The van der Waals surface area contributed by atoms with Gasteiger partial charge in [-0.25, -0.2) is 0 Å². The summed E-state index contributed by atoms with van der Waals surface area (Å²) in [6.45, 7) is 0. The van der Waals surface area contributed by atoms with E-state index in [2.05, 4.69) is 5.32 Å². The molecule has 0 unspecified atom stereocenters. The van der Waals surface area contributed by atoms with Crippen LogP contribution in [0.3, 0.4) is 0 Å². The molecule has 1 N–H and O–H groups in total. The average molecular weight is 195 g/mol. The van der Waals surface area contributed by atoms with Gasteiger partial charge in [-0.3, -0.25) is 4.79 Å². The molecule has 2 saturated carbocycles. The van der Waals surface area contributed by atoms with Gasteiger partial charge in [0.2, 0.25) is 5.91 Å². The molecule has 80 valence electrons. The van der Waals surface area contributed by atoms with Crippen LogP contribution in [-0.4, -0.2) is 11.9 Å². The molecule has 2 aliphatic carbocycles.